The van der Waals surface area contributed by atoms with Crippen molar-refractivity contribution in [2.45, 2.75) is 0 Å². The molecule has 2 rings (SSSR count). The van der Waals surface area contributed by atoms with E-state index in [-0.39, 0.29) is 18.2 Å². The minimum atomic E-state index is -3.52. The highest BCUT2D eigenvalue weighted by Crippen LogP contribution is 2.29. The van der Waals surface area contributed by atoms with Gasteiger partial charge in [0.1, 0.15) is 11.5 Å². The van der Waals surface area contributed by atoms with Gasteiger partial charge in [-0.15, -0.1) is 0 Å². The van der Waals surface area contributed by atoms with Crippen molar-refractivity contribution >= 4 is 33.2 Å². The SMILES string of the molecule is COc1ccc(NC(=O)c2cccc(OCC(=O)N(C)C)c2)cc1NS(C)(=O)=O. The molecule has 0 spiro atoms. The Morgan fingerprint density at radius 2 is 1.83 bits per heavy atom. The lowest BCUT2D eigenvalue weighted by Crippen LogP contribution is -2.27. The normalized spacial score (nSPS) is 10.8. The highest BCUT2D eigenvalue weighted by atomic mass is 32.2. The van der Waals surface area contributed by atoms with E-state index in [2.05, 4.69) is 10.0 Å². The summed E-state index contributed by atoms with van der Waals surface area (Å²) < 4.78 is 35.9. The molecule has 0 radical (unpaired) electrons. The zero-order chi connectivity index (χ0) is 21.6. The van der Waals surface area contributed by atoms with Crippen LogP contribution in [0.5, 0.6) is 11.5 Å². The topological polar surface area (TPSA) is 114 Å². The van der Waals surface area contributed by atoms with Crippen LogP contribution in [0, 0.1) is 0 Å². The van der Waals surface area contributed by atoms with Gasteiger partial charge in [-0.1, -0.05) is 6.07 Å². The summed E-state index contributed by atoms with van der Waals surface area (Å²) >= 11 is 0. The molecule has 10 heteroatoms. The maximum Gasteiger partial charge on any atom is 0.259 e. The van der Waals surface area contributed by atoms with Crippen LogP contribution in [0.3, 0.4) is 0 Å². The fourth-order valence-corrected chi connectivity index (χ4v) is 2.83. The number of sulfonamides is 1. The van der Waals surface area contributed by atoms with Crippen molar-refractivity contribution in [3.63, 3.8) is 0 Å². The van der Waals surface area contributed by atoms with Crippen molar-refractivity contribution in [3.8, 4) is 11.5 Å². The van der Waals surface area contributed by atoms with E-state index < -0.39 is 15.9 Å². The van der Waals surface area contributed by atoms with E-state index in [0.29, 0.717) is 22.7 Å². The third kappa shape index (κ3) is 6.68. The van der Waals surface area contributed by atoms with Crippen LogP contribution in [0.1, 0.15) is 10.4 Å². The van der Waals surface area contributed by atoms with Crippen molar-refractivity contribution in [1.82, 2.24) is 4.90 Å². The number of methoxy groups -OCH3 is 1. The number of carbonyl (C=O) groups is 2. The Kier molecular flexibility index (Phi) is 7.05. The lowest BCUT2D eigenvalue weighted by Gasteiger charge is -2.13. The number of hydrogen-bond donors (Lipinski definition) is 2. The number of ether oxygens (including phenoxy) is 2. The van der Waals surface area contributed by atoms with Crippen LogP contribution in [0.15, 0.2) is 42.5 Å². The van der Waals surface area contributed by atoms with Crippen molar-refractivity contribution in [3.05, 3.63) is 48.0 Å². The van der Waals surface area contributed by atoms with Gasteiger partial charge in [-0.05, 0) is 36.4 Å². The number of amides is 2. The summed E-state index contributed by atoms with van der Waals surface area (Å²) in [6.07, 6.45) is 1.02. The minimum absolute atomic E-state index is 0.142. The number of benzene rings is 2. The van der Waals surface area contributed by atoms with Gasteiger partial charge in [0, 0.05) is 25.3 Å². The summed E-state index contributed by atoms with van der Waals surface area (Å²) in [7, 11) is 1.13. The predicted molar refractivity (Wildman–Crippen MR) is 110 cm³/mol. The average Bonchev–Trinajstić information content (AvgIpc) is 2.65. The summed E-state index contributed by atoms with van der Waals surface area (Å²) in [6, 6.07) is 11.0. The van der Waals surface area contributed by atoms with Gasteiger partial charge in [-0.3, -0.25) is 14.3 Å². The lowest BCUT2D eigenvalue weighted by atomic mass is 10.2. The van der Waals surface area contributed by atoms with Gasteiger partial charge in [0.25, 0.3) is 11.8 Å². The summed E-state index contributed by atoms with van der Waals surface area (Å²) in [6.45, 7) is -0.142. The molecule has 0 saturated carbocycles. The summed E-state index contributed by atoms with van der Waals surface area (Å²) in [4.78, 5) is 25.6. The van der Waals surface area contributed by atoms with E-state index in [1.54, 1.807) is 38.4 Å². The first-order valence-electron chi connectivity index (χ1n) is 8.49. The number of hydrogen-bond acceptors (Lipinski definition) is 6. The van der Waals surface area contributed by atoms with Gasteiger partial charge in [0.15, 0.2) is 6.61 Å². The second-order valence-electron chi connectivity index (χ2n) is 6.35. The first-order chi connectivity index (χ1) is 13.6. The van der Waals surface area contributed by atoms with Gasteiger partial charge >= 0.3 is 0 Å². The molecule has 2 aromatic rings. The molecular formula is C19H23N3O6S. The van der Waals surface area contributed by atoms with Gasteiger partial charge in [0.05, 0.1) is 19.1 Å². The highest BCUT2D eigenvalue weighted by Gasteiger charge is 2.13. The number of nitrogens with one attached hydrogen (secondary N) is 2. The van der Waals surface area contributed by atoms with Crippen molar-refractivity contribution in [2.24, 2.45) is 0 Å². The molecule has 156 valence electrons. The minimum Gasteiger partial charge on any atom is -0.495 e. The number of nitrogens with zero attached hydrogens (tertiary/aromatic N) is 1. The van der Waals surface area contributed by atoms with Crippen molar-refractivity contribution in [1.29, 1.82) is 0 Å². The number of anilines is 2. The smallest absolute Gasteiger partial charge is 0.259 e. The molecule has 29 heavy (non-hydrogen) atoms. The third-order valence-corrected chi connectivity index (χ3v) is 4.30. The molecule has 2 amide bonds. The third-order valence-electron chi connectivity index (χ3n) is 3.71. The molecule has 2 N–H and O–H groups in total. The Labute approximate surface area is 169 Å². The Morgan fingerprint density at radius 3 is 2.45 bits per heavy atom. The van der Waals surface area contributed by atoms with E-state index in [1.165, 1.54) is 30.2 Å². The van der Waals surface area contributed by atoms with E-state index in [0.717, 1.165) is 6.26 Å². The average molecular weight is 421 g/mol. The molecule has 9 nitrogen and oxygen atoms in total. The second kappa shape index (κ2) is 9.28. The molecule has 0 atom stereocenters. The first kappa shape index (κ1) is 22.0. The van der Waals surface area contributed by atoms with Gasteiger partial charge < -0.3 is 19.7 Å². The molecule has 2 aromatic carbocycles. The molecule has 0 fully saturated rings. The van der Waals surface area contributed by atoms with Crippen LogP contribution in [0.25, 0.3) is 0 Å². The molecule has 0 aliphatic heterocycles. The Balaban J connectivity index is 2.15. The summed E-state index contributed by atoms with van der Waals surface area (Å²) in [5.41, 5.74) is 0.886. The van der Waals surface area contributed by atoms with Crippen LogP contribution in [0.4, 0.5) is 11.4 Å². The maximum atomic E-state index is 12.6. The van der Waals surface area contributed by atoms with E-state index in [9.17, 15) is 18.0 Å². The van der Waals surface area contributed by atoms with Crippen LogP contribution >= 0.6 is 0 Å². The zero-order valence-corrected chi connectivity index (χ0v) is 17.4. The van der Waals surface area contributed by atoms with Crippen molar-refractivity contribution < 1.29 is 27.5 Å². The Hall–Kier alpha value is -3.27. The quantitative estimate of drug-likeness (QED) is 0.672. The fraction of sp³-hybridized carbons (Fsp3) is 0.263. The molecule has 0 aliphatic carbocycles. The molecule has 0 saturated heterocycles. The maximum absolute atomic E-state index is 12.6. The number of likely N-dealkylation sites (N-methyl/N-ethyl adjacent to an activating group) is 1. The molecule has 0 aromatic heterocycles. The second-order valence-corrected chi connectivity index (χ2v) is 8.10. The van der Waals surface area contributed by atoms with Gasteiger partial charge in [-0.2, -0.15) is 0 Å². The van der Waals surface area contributed by atoms with Gasteiger partial charge in [0.2, 0.25) is 10.0 Å². The van der Waals surface area contributed by atoms with Crippen LogP contribution in [-0.2, 0) is 14.8 Å². The largest absolute Gasteiger partial charge is 0.495 e. The highest BCUT2D eigenvalue weighted by molar-refractivity contribution is 7.92. The molecular weight excluding hydrogens is 398 g/mol. The number of carbonyl (C=O) groups excluding carboxylic acids is 2. The Morgan fingerprint density at radius 1 is 1.10 bits per heavy atom. The van der Waals surface area contributed by atoms with Crippen LogP contribution < -0.4 is 19.5 Å². The fourth-order valence-electron chi connectivity index (χ4n) is 2.27. The molecule has 0 aliphatic rings. The zero-order valence-electron chi connectivity index (χ0n) is 16.6. The standard InChI is InChI=1S/C19H23N3O6S/c1-22(2)18(23)12-28-15-7-5-6-13(10-15)19(24)20-14-8-9-17(27-3)16(11-14)21-29(4,25)26/h5-11,21H,12H2,1-4H3,(H,20,24). The predicted octanol–water partition coefficient (Wildman–Crippen LogP) is 1.79. The van der Waals surface area contributed by atoms with Crippen LogP contribution in [-0.4, -0.2) is 59.2 Å². The Bertz CT molecular complexity index is 1000. The van der Waals surface area contributed by atoms with Crippen molar-refractivity contribution in [2.75, 3.05) is 44.1 Å². The molecule has 0 bridgehead atoms. The first-order valence-corrected chi connectivity index (χ1v) is 10.4. The summed E-state index contributed by atoms with van der Waals surface area (Å²) in [5.74, 6) is 0.0604. The molecule has 0 unspecified atom stereocenters. The van der Waals surface area contributed by atoms with Crippen LogP contribution in [0.2, 0.25) is 0 Å². The molecule has 0 heterocycles. The van der Waals surface area contributed by atoms with Gasteiger partial charge in [-0.25, -0.2) is 8.42 Å². The van der Waals surface area contributed by atoms with E-state index in [1.807, 2.05) is 0 Å². The van der Waals surface area contributed by atoms with E-state index in [4.69, 9.17) is 9.47 Å². The monoisotopic (exact) mass is 421 g/mol. The van der Waals surface area contributed by atoms with E-state index >= 15 is 0 Å². The summed E-state index contributed by atoms with van der Waals surface area (Å²) in [5, 5.41) is 2.69. The number of rotatable bonds is 8. The lowest BCUT2D eigenvalue weighted by molar-refractivity contribution is -0.130.